The smallest absolute Gasteiger partial charge is 0.0974 e. The van der Waals surface area contributed by atoms with Gasteiger partial charge in [0, 0.05) is 37.6 Å². The number of para-hydroxylation sites is 1. The molecular formula is C18H25N3. The highest BCUT2D eigenvalue weighted by atomic mass is 15.4. The van der Waals surface area contributed by atoms with Crippen LogP contribution in [0.4, 0.5) is 0 Å². The molecule has 1 aromatic heterocycles. The van der Waals surface area contributed by atoms with Crippen LogP contribution in [0, 0.1) is 0 Å². The molecule has 2 aromatic rings. The lowest BCUT2D eigenvalue weighted by atomic mass is 10.2. The van der Waals surface area contributed by atoms with Crippen LogP contribution < -0.4 is 0 Å². The Bertz CT molecular complexity index is 514. The lowest BCUT2D eigenvalue weighted by molar-refractivity contribution is 0.193. The monoisotopic (exact) mass is 283 g/mol. The van der Waals surface area contributed by atoms with Crippen LogP contribution in [0.1, 0.15) is 26.7 Å². The van der Waals surface area contributed by atoms with Gasteiger partial charge in [0.15, 0.2) is 0 Å². The number of fused-ring (bicyclic) bond motifs is 1. The Hall–Kier alpha value is -2.03. The maximum absolute atomic E-state index is 4.18. The zero-order valence-corrected chi connectivity index (χ0v) is 13.2. The summed E-state index contributed by atoms with van der Waals surface area (Å²) in [6.07, 6.45) is 9.26. The van der Waals surface area contributed by atoms with E-state index in [1.807, 2.05) is 30.5 Å². The lowest BCUT2D eigenvalue weighted by Gasteiger charge is -2.26. The van der Waals surface area contributed by atoms with Gasteiger partial charge in [0.2, 0.25) is 0 Å². The van der Waals surface area contributed by atoms with E-state index in [9.17, 15) is 0 Å². The molecule has 1 unspecified atom stereocenters. The number of hydrogen-bond acceptors (Lipinski definition) is 3. The molecule has 1 aliphatic heterocycles. The van der Waals surface area contributed by atoms with Crippen molar-refractivity contribution in [2.75, 3.05) is 13.6 Å². The number of unbranched alkanes of at least 4 members (excludes halogenated alkanes) is 1. The molecule has 112 valence electrons. The van der Waals surface area contributed by atoms with Gasteiger partial charge in [-0.2, -0.15) is 0 Å². The molecule has 0 spiro atoms. The van der Waals surface area contributed by atoms with Crippen LogP contribution in [0.3, 0.4) is 0 Å². The highest BCUT2D eigenvalue weighted by Crippen LogP contribution is 2.13. The molecule has 0 saturated carbocycles. The van der Waals surface area contributed by atoms with Crippen molar-refractivity contribution in [2.24, 2.45) is 0 Å². The minimum atomic E-state index is 0.557. The quantitative estimate of drug-likeness (QED) is 0.846. The van der Waals surface area contributed by atoms with E-state index >= 15 is 0 Å². The fourth-order valence-electron chi connectivity index (χ4n) is 2.29. The highest BCUT2D eigenvalue weighted by molar-refractivity contribution is 5.77. The first kappa shape index (κ1) is 15.4. The summed E-state index contributed by atoms with van der Waals surface area (Å²) < 4.78 is 0. The molecule has 21 heavy (non-hydrogen) atoms. The maximum atomic E-state index is 4.18. The summed E-state index contributed by atoms with van der Waals surface area (Å²) in [5.74, 6) is 0. The number of nitrogens with zero attached hydrogens (tertiary/aromatic N) is 3. The van der Waals surface area contributed by atoms with Crippen LogP contribution >= 0.6 is 0 Å². The van der Waals surface area contributed by atoms with E-state index in [4.69, 9.17) is 0 Å². The Morgan fingerprint density at radius 2 is 1.86 bits per heavy atom. The van der Waals surface area contributed by atoms with E-state index < -0.39 is 0 Å². The van der Waals surface area contributed by atoms with Gasteiger partial charge < -0.3 is 9.80 Å². The number of aromatic nitrogens is 1. The topological polar surface area (TPSA) is 19.4 Å². The molecule has 1 atom stereocenters. The molecule has 0 radical (unpaired) electrons. The zero-order chi connectivity index (χ0) is 15.1. The second-order valence-electron chi connectivity index (χ2n) is 5.38. The van der Waals surface area contributed by atoms with Crippen LogP contribution in [0.2, 0.25) is 0 Å². The fraction of sp³-hybridized carbons (Fsp3) is 0.389. The van der Waals surface area contributed by atoms with Gasteiger partial charge in [-0.3, -0.25) is 4.98 Å². The van der Waals surface area contributed by atoms with E-state index in [2.05, 4.69) is 60.2 Å². The summed E-state index contributed by atoms with van der Waals surface area (Å²) in [6.45, 7) is 5.66. The molecule has 3 rings (SSSR count). The van der Waals surface area contributed by atoms with Gasteiger partial charge in [-0.1, -0.05) is 37.6 Å². The molecule has 1 aliphatic rings. The normalized spacial score (nSPS) is 17.0. The van der Waals surface area contributed by atoms with Gasteiger partial charge in [-0.05, 0) is 25.5 Å². The summed E-state index contributed by atoms with van der Waals surface area (Å²) in [6, 6.07) is 12.1. The average Bonchev–Trinajstić information content (AvgIpc) is 2.85. The number of hydrogen-bond donors (Lipinski definition) is 0. The van der Waals surface area contributed by atoms with Crippen LogP contribution in [-0.2, 0) is 0 Å². The first-order valence-corrected chi connectivity index (χ1v) is 7.68. The Kier molecular flexibility index (Phi) is 5.61. The Morgan fingerprint density at radius 1 is 1.10 bits per heavy atom. The second kappa shape index (κ2) is 7.67. The molecule has 1 aromatic carbocycles. The maximum Gasteiger partial charge on any atom is 0.0974 e. The molecule has 0 N–H and O–H groups in total. The van der Waals surface area contributed by atoms with Gasteiger partial charge >= 0.3 is 0 Å². The molecule has 2 heterocycles. The van der Waals surface area contributed by atoms with Crippen molar-refractivity contribution in [2.45, 2.75) is 32.9 Å². The Balaban J connectivity index is 0.000000154. The van der Waals surface area contributed by atoms with E-state index in [0.717, 1.165) is 5.52 Å². The third-order valence-electron chi connectivity index (χ3n) is 3.84. The van der Waals surface area contributed by atoms with Gasteiger partial charge in [0.25, 0.3) is 0 Å². The van der Waals surface area contributed by atoms with E-state index in [1.54, 1.807) is 0 Å². The van der Waals surface area contributed by atoms with Crippen molar-refractivity contribution in [3.63, 3.8) is 0 Å². The van der Waals surface area contributed by atoms with Crippen LogP contribution in [0.15, 0.2) is 55.0 Å². The Labute approximate surface area is 127 Å². The predicted octanol–water partition coefficient (Wildman–Crippen LogP) is 4.09. The average molecular weight is 283 g/mol. The van der Waals surface area contributed by atoms with Gasteiger partial charge in [-0.25, -0.2) is 0 Å². The number of pyridine rings is 1. The minimum Gasteiger partial charge on any atom is -0.359 e. The Morgan fingerprint density at radius 3 is 2.52 bits per heavy atom. The fourth-order valence-corrected chi connectivity index (χ4v) is 2.29. The van der Waals surface area contributed by atoms with E-state index in [-0.39, 0.29) is 0 Å². The molecule has 3 heteroatoms. The van der Waals surface area contributed by atoms with Gasteiger partial charge in [0.05, 0.1) is 11.7 Å². The second-order valence-corrected chi connectivity index (χ2v) is 5.38. The third-order valence-corrected chi connectivity index (χ3v) is 3.84. The SMILES string of the molecule is CCCCN1C=CN(C)C1C.c1ccc2ncccc2c1. The molecular weight excluding hydrogens is 258 g/mol. The summed E-state index contributed by atoms with van der Waals surface area (Å²) in [7, 11) is 2.12. The van der Waals surface area contributed by atoms with Crippen LogP contribution in [0.5, 0.6) is 0 Å². The first-order chi connectivity index (χ1) is 10.2. The van der Waals surface area contributed by atoms with Gasteiger partial charge in [-0.15, -0.1) is 0 Å². The van der Waals surface area contributed by atoms with Crippen molar-refractivity contribution < 1.29 is 0 Å². The molecule has 0 bridgehead atoms. The van der Waals surface area contributed by atoms with Gasteiger partial charge in [0.1, 0.15) is 0 Å². The van der Waals surface area contributed by atoms with Crippen LogP contribution in [-0.4, -0.2) is 34.5 Å². The summed E-state index contributed by atoms with van der Waals surface area (Å²) in [4.78, 5) is 8.79. The van der Waals surface area contributed by atoms with Crippen molar-refractivity contribution in [3.05, 3.63) is 55.0 Å². The summed E-state index contributed by atoms with van der Waals surface area (Å²) in [5.41, 5.74) is 1.06. The minimum absolute atomic E-state index is 0.557. The zero-order valence-electron chi connectivity index (χ0n) is 13.2. The van der Waals surface area contributed by atoms with Crippen molar-refractivity contribution in [1.82, 2.24) is 14.8 Å². The highest BCUT2D eigenvalue weighted by Gasteiger charge is 2.16. The lowest BCUT2D eigenvalue weighted by Crippen LogP contribution is -2.33. The number of rotatable bonds is 3. The molecule has 0 amide bonds. The standard InChI is InChI=1S/C9H18N2.C9H7N/c1-4-5-6-11-8-7-10(3)9(11)2;1-2-6-9-8(4-1)5-3-7-10-9/h7-9H,4-6H2,1-3H3;1-7H. The molecule has 3 nitrogen and oxygen atoms in total. The largest absolute Gasteiger partial charge is 0.359 e. The predicted molar refractivity (Wildman–Crippen MR) is 89.7 cm³/mol. The van der Waals surface area contributed by atoms with Crippen molar-refractivity contribution in [1.29, 1.82) is 0 Å². The first-order valence-electron chi connectivity index (χ1n) is 7.68. The van der Waals surface area contributed by atoms with Crippen molar-refractivity contribution >= 4 is 10.9 Å². The molecule has 0 saturated heterocycles. The third kappa shape index (κ3) is 4.22. The molecule has 0 aliphatic carbocycles. The molecule has 0 fully saturated rings. The summed E-state index contributed by atoms with van der Waals surface area (Å²) >= 11 is 0. The van der Waals surface area contributed by atoms with E-state index in [1.165, 1.54) is 24.8 Å². The van der Waals surface area contributed by atoms with Crippen LogP contribution in [0.25, 0.3) is 10.9 Å². The summed E-state index contributed by atoms with van der Waals surface area (Å²) in [5, 5.41) is 1.20. The number of benzene rings is 1. The van der Waals surface area contributed by atoms with Crippen molar-refractivity contribution in [3.8, 4) is 0 Å². The van der Waals surface area contributed by atoms with E-state index in [0.29, 0.717) is 6.17 Å².